The zero-order valence-electron chi connectivity index (χ0n) is 17.7. The Balaban J connectivity index is 1.50. The van der Waals surface area contributed by atoms with E-state index in [9.17, 15) is 21.6 Å². The van der Waals surface area contributed by atoms with Crippen LogP contribution < -0.4 is 10.0 Å². The van der Waals surface area contributed by atoms with E-state index in [0.717, 1.165) is 17.8 Å². The average molecular weight is 485 g/mol. The Morgan fingerprint density at radius 2 is 1.65 bits per heavy atom. The normalized spacial score (nSPS) is 11.8. The zero-order chi connectivity index (χ0) is 24.3. The van der Waals surface area contributed by atoms with Gasteiger partial charge in [0.25, 0.3) is 10.0 Å². The number of alkyl halides is 3. The van der Waals surface area contributed by atoms with Crippen LogP contribution in [0, 0.1) is 6.92 Å². The van der Waals surface area contributed by atoms with Crippen molar-refractivity contribution in [1.82, 2.24) is 15.0 Å². The molecule has 4 rings (SSSR count). The first-order valence-corrected chi connectivity index (χ1v) is 11.4. The summed E-state index contributed by atoms with van der Waals surface area (Å²) in [7, 11) is -3.76. The molecule has 0 aliphatic rings. The van der Waals surface area contributed by atoms with Crippen molar-refractivity contribution in [3.8, 4) is 11.3 Å². The number of sulfonamides is 1. The Morgan fingerprint density at radius 3 is 2.32 bits per heavy atom. The molecular weight excluding hydrogens is 467 g/mol. The van der Waals surface area contributed by atoms with Gasteiger partial charge >= 0.3 is 6.18 Å². The van der Waals surface area contributed by atoms with E-state index in [1.807, 2.05) is 6.92 Å². The number of aromatic nitrogens is 3. The molecule has 0 bridgehead atoms. The molecule has 2 aromatic heterocycles. The molecular formula is C23H18F3N5O2S. The Morgan fingerprint density at radius 1 is 0.882 bits per heavy atom. The molecule has 2 aromatic carbocycles. The molecule has 2 N–H and O–H groups in total. The number of rotatable bonds is 6. The van der Waals surface area contributed by atoms with E-state index in [4.69, 9.17) is 0 Å². The van der Waals surface area contributed by atoms with Crippen molar-refractivity contribution in [2.24, 2.45) is 0 Å². The van der Waals surface area contributed by atoms with E-state index in [1.54, 1.807) is 48.5 Å². The van der Waals surface area contributed by atoms with Crippen LogP contribution in [0.1, 0.15) is 11.3 Å². The lowest BCUT2D eigenvalue weighted by molar-refractivity contribution is -0.141. The van der Waals surface area contributed by atoms with Crippen molar-refractivity contribution in [2.75, 3.05) is 10.0 Å². The molecule has 0 radical (unpaired) electrons. The number of nitrogens with one attached hydrogen (secondary N) is 2. The summed E-state index contributed by atoms with van der Waals surface area (Å²) in [6, 6.07) is 17.2. The first kappa shape index (κ1) is 23.2. The third kappa shape index (κ3) is 5.49. The molecule has 174 valence electrons. The highest BCUT2D eigenvalue weighted by atomic mass is 32.2. The van der Waals surface area contributed by atoms with Gasteiger partial charge < -0.3 is 5.32 Å². The number of halogens is 3. The zero-order valence-corrected chi connectivity index (χ0v) is 18.5. The fraction of sp³-hybridized carbons (Fsp3) is 0.0870. The number of nitrogens with zero attached hydrogens (tertiary/aromatic N) is 3. The summed E-state index contributed by atoms with van der Waals surface area (Å²) in [5.74, 6) is -0.194. The molecule has 7 nitrogen and oxygen atoms in total. The number of hydrogen-bond donors (Lipinski definition) is 2. The monoisotopic (exact) mass is 485 g/mol. The van der Waals surface area contributed by atoms with Crippen LogP contribution in [0.2, 0.25) is 0 Å². The van der Waals surface area contributed by atoms with Gasteiger partial charge in [0, 0.05) is 17.4 Å². The summed E-state index contributed by atoms with van der Waals surface area (Å²) in [6.07, 6.45) is -2.16. The van der Waals surface area contributed by atoms with Crippen molar-refractivity contribution in [3.05, 3.63) is 90.4 Å². The molecule has 11 heteroatoms. The number of pyridine rings is 1. The maximum atomic E-state index is 12.9. The van der Waals surface area contributed by atoms with Gasteiger partial charge in [-0.25, -0.2) is 18.4 Å². The molecule has 0 fully saturated rings. The Bertz CT molecular complexity index is 1410. The van der Waals surface area contributed by atoms with Crippen LogP contribution >= 0.6 is 0 Å². The lowest BCUT2D eigenvalue weighted by atomic mass is 10.1. The summed E-state index contributed by atoms with van der Waals surface area (Å²) in [6.45, 7) is 1.86. The Labute approximate surface area is 193 Å². The van der Waals surface area contributed by atoms with E-state index in [-0.39, 0.29) is 16.5 Å². The lowest BCUT2D eigenvalue weighted by Crippen LogP contribution is -2.13. The summed E-state index contributed by atoms with van der Waals surface area (Å²) in [5.41, 5.74) is 1.84. The van der Waals surface area contributed by atoms with Gasteiger partial charge in [-0.1, -0.05) is 29.8 Å². The van der Waals surface area contributed by atoms with Crippen LogP contribution in [-0.4, -0.2) is 23.4 Å². The van der Waals surface area contributed by atoms with Gasteiger partial charge in [0.2, 0.25) is 5.95 Å². The fourth-order valence-corrected chi connectivity index (χ4v) is 4.06. The largest absolute Gasteiger partial charge is 0.433 e. The van der Waals surface area contributed by atoms with E-state index in [1.165, 1.54) is 18.3 Å². The van der Waals surface area contributed by atoms with Gasteiger partial charge in [-0.05, 0) is 49.4 Å². The minimum Gasteiger partial charge on any atom is -0.324 e. The van der Waals surface area contributed by atoms with Crippen LogP contribution in [0.3, 0.4) is 0 Å². The Hall–Kier alpha value is -3.99. The molecule has 0 unspecified atom stereocenters. The molecule has 0 aliphatic heterocycles. The molecule has 0 atom stereocenters. The molecule has 4 aromatic rings. The molecule has 2 heterocycles. The second-order valence-corrected chi connectivity index (χ2v) is 9.00. The predicted octanol–water partition coefficient (Wildman–Crippen LogP) is 5.41. The molecule has 34 heavy (non-hydrogen) atoms. The van der Waals surface area contributed by atoms with E-state index in [2.05, 4.69) is 25.0 Å². The first-order valence-electron chi connectivity index (χ1n) is 9.93. The summed E-state index contributed by atoms with van der Waals surface area (Å²) in [4.78, 5) is 11.7. The lowest BCUT2D eigenvalue weighted by Gasteiger charge is -2.10. The third-order valence-corrected chi connectivity index (χ3v) is 6.10. The molecule has 0 saturated carbocycles. The highest BCUT2D eigenvalue weighted by Crippen LogP contribution is 2.29. The van der Waals surface area contributed by atoms with Crippen LogP contribution in [0.15, 0.2) is 84.0 Å². The van der Waals surface area contributed by atoms with Gasteiger partial charge in [-0.2, -0.15) is 13.2 Å². The number of aryl methyl sites for hydroxylation is 1. The minimum absolute atomic E-state index is 0.137. The SMILES string of the molecule is Cc1ccc(S(=O)(=O)Nc2ccc(-c3cccc(Nc4nccc(C(F)(F)F)n4)c3)nc2)cc1. The van der Waals surface area contributed by atoms with Gasteiger partial charge in [0.15, 0.2) is 0 Å². The summed E-state index contributed by atoms with van der Waals surface area (Å²) < 4.78 is 66.2. The number of anilines is 3. The van der Waals surface area contributed by atoms with Gasteiger partial charge in [0.05, 0.1) is 22.5 Å². The number of benzene rings is 2. The standard InChI is InChI=1S/C23H18F3N5O2S/c1-15-5-8-19(9-6-15)34(32,33)31-18-7-10-20(28-14-18)16-3-2-4-17(13-16)29-22-27-12-11-21(30-22)23(24,25)26/h2-14,31H,1H3,(H,27,29,30). The highest BCUT2D eigenvalue weighted by Gasteiger charge is 2.32. The van der Waals surface area contributed by atoms with Gasteiger partial charge in [-0.3, -0.25) is 9.71 Å². The van der Waals surface area contributed by atoms with Gasteiger partial charge in [-0.15, -0.1) is 0 Å². The summed E-state index contributed by atoms with van der Waals surface area (Å²) in [5, 5.41) is 2.75. The topological polar surface area (TPSA) is 96.9 Å². The highest BCUT2D eigenvalue weighted by molar-refractivity contribution is 7.92. The van der Waals surface area contributed by atoms with Crippen LogP contribution in [-0.2, 0) is 16.2 Å². The van der Waals surface area contributed by atoms with E-state index < -0.39 is 21.9 Å². The van der Waals surface area contributed by atoms with Crippen molar-refractivity contribution in [3.63, 3.8) is 0 Å². The van der Waals surface area contributed by atoms with Crippen molar-refractivity contribution in [1.29, 1.82) is 0 Å². The third-order valence-electron chi connectivity index (χ3n) is 4.71. The van der Waals surface area contributed by atoms with Crippen molar-refractivity contribution < 1.29 is 21.6 Å². The minimum atomic E-state index is -4.58. The molecule has 0 saturated heterocycles. The average Bonchev–Trinajstić information content (AvgIpc) is 2.79. The molecule has 0 aliphatic carbocycles. The van der Waals surface area contributed by atoms with Crippen LogP contribution in [0.4, 0.5) is 30.5 Å². The fourth-order valence-electron chi connectivity index (χ4n) is 3.02. The number of hydrogen-bond acceptors (Lipinski definition) is 6. The summed E-state index contributed by atoms with van der Waals surface area (Å²) >= 11 is 0. The smallest absolute Gasteiger partial charge is 0.324 e. The van der Waals surface area contributed by atoms with Crippen molar-refractivity contribution >= 4 is 27.3 Å². The molecule has 0 amide bonds. The quantitative estimate of drug-likeness (QED) is 0.379. The van der Waals surface area contributed by atoms with E-state index in [0.29, 0.717) is 16.9 Å². The second-order valence-electron chi connectivity index (χ2n) is 7.32. The first-order chi connectivity index (χ1) is 16.1. The Kier molecular flexibility index (Phi) is 6.20. The predicted molar refractivity (Wildman–Crippen MR) is 122 cm³/mol. The van der Waals surface area contributed by atoms with E-state index >= 15 is 0 Å². The van der Waals surface area contributed by atoms with Gasteiger partial charge in [0.1, 0.15) is 5.69 Å². The molecule has 0 spiro atoms. The van der Waals surface area contributed by atoms with Crippen LogP contribution in [0.25, 0.3) is 11.3 Å². The maximum absolute atomic E-state index is 12.9. The van der Waals surface area contributed by atoms with Crippen molar-refractivity contribution in [2.45, 2.75) is 18.0 Å². The maximum Gasteiger partial charge on any atom is 0.433 e. The van der Waals surface area contributed by atoms with Crippen LogP contribution in [0.5, 0.6) is 0 Å². The second kappa shape index (κ2) is 9.10.